The lowest BCUT2D eigenvalue weighted by Crippen LogP contribution is -1.99. The molecular weight excluding hydrogens is 279 g/mol. The largest absolute Gasteiger partial charge is 0.466 e. The quantitative estimate of drug-likeness (QED) is 0.237. The lowest BCUT2D eigenvalue weighted by Gasteiger charge is -1.99. The number of allylic oxidation sites excluding steroid dienone is 2. The first-order chi connectivity index (χ1) is 6.27. The van der Waals surface area contributed by atoms with E-state index >= 15 is 0 Å². The van der Waals surface area contributed by atoms with Gasteiger partial charge < -0.3 is 4.74 Å². The van der Waals surface area contributed by atoms with Crippen molar-refractivity contribution in [1.82, 2.24) is 0 Å². The second-order valence-electron chi connectivity index (χ2n) is 2.78. The number of halogens is 1. The van der Waals surface area contributed by atoms with E-state index in [2.05, 4.69) is 34.7 Å². The van der Waals surface area contributed by atoms with Gasteiger partial charge in [0.1, 0.15) is 0 Å². The van der Waals surface area contributed by atoms with Gasteiger partial charge in [-0.15, -0.1) is 0 Å². The Hall–Kier alpha value is -0.0600. The van der Waals surface area contributed by atoms with Crippen LogP contribution in [0.1, 0.15) is 32.6 Å². The Labute approximate surface area is 93.9 Å². The average Bonchev–Trinajstić information content (AvgIpc) is 2.09. The fourth-order valence-corrected chi connectivity index (χ4v) is 1.24. The van der Waals surface area contributed by atoms with Gasteiger partial charge in [-0.2, -0.15) is 0 Å². The highest BCUT2D eigenvalue weighted by molar-refractivity contribution is 14.1. The van der Waals surface area contributed by atoms with E-state index in [-0.39, 0.29) is 5.97 Å². The molecule has 13 heavy (non-hydrogen) atoms. The van der Waals surface area contributed by atoms with E-state index in [4.69, 9.17) is 4.74 Å². The number of rotatable bonds is 7. The number of esters is 1. The zero-order valence-electron chi connectivity index (χ0n) is 8.09. The first-order valence-corrected chi connectivity index (χ1v) is 6.14. The molecule has 0 fully saturated rings. The Balaban J connectivity index is 3.03. The molecule has 0 aromatic rings. The lowest BCUT2D eigenvalue weighted by atomic mass is 10.2. The molecule has 0 radical (unpaired) electrons. The van der Waals surface area contributed by atoms with Gasteiger partial charge in [0, 0.05) is 11.4 Å². The third-order valence-corrected chi connectivity index (χ3v) is 2.14. The number of alkyl halides is 1. The van der Waals surface area contributed by atoms with Crippen molar-refractivity contribution in [1.29, 1.82) is 0 Å². The predicted octanol–water partition coefficient (Wildman–Crippen LogP) is 3.10. The number of hydrogen-bond acceptors (Lipinski definition) is 2. The molecule has 3 heteroatoms. The van der Waals surface area contributed by atoms with Crippen LogP contribution < -0.4 is 0 Å². The smallest absolute Gasteiger partial charge is 0.302 e. The molecule has 0 saturated heterocycles. The summed E-state index contributed by atoms with van der Waals surface area (Å²) in [6.45, 7) is 2.01. The summed E-state index contributed by atoms with van der Waals surface area (Å²) in [4.78, 5) is 10.4. The first-order valence-electron chi connectivity index (χ1n) is 4.61. The van der Waals surface area contributed by atoms with Crippen LogP contribution in [-0.4, -0.2) is 17.0 Å². The average molecular weight is 296 g/mol. The molecule has 0 amide bonds. The van der Waals surface area contributed by atoms with Gasteiger partial charge in [0.2, 0.25) is 0 Å². The normalized spacial score (nSPS) is 10.6. The minimum Gasteiger partial charge on any atom is -0.466 e. The van der Waals surface area contributed by atoms with Crippen LogP contribution in [0.15, 0.2) is 12.2 Å². The molecule has 0 aliphatic rings. The Kier molecular flexibility index (Phi) is 9.98. The minimum atomic E-state index is -0.180. The monoisotopic (exact) mass is 296 g/mol. The van der Waals surface area contributed by atoms with Crippen LogP contribution in [0.4, 0.5) is 0 Å². The predicted molar refractivity (Wildman–Crippen MR) is 63.1 cm³/mol. The summed E-state index contributed by atoms with van der Waals surface area (Å²) in [5.74, 6) is -0.180. The van der Waals surface area contributed by atoms with Crippen molar-refractivity contribution in [2.75, 3.05) is 11.0 Å². The second-order valence-corrected chi connectivity index (χ2v) is 3.86. The van der Waals surface area contributed by atoms with Gasteiger partial charge in [-0.25, -0.2) is 0 Å². The summed E-state index contributed by atoms with van der Waals surface area (Å²) >= 11 is 2.36. The van der Waals surface area contributed by atoms with Crippen LogP contribution >= 0.6 is 22.6 Å². The van der Waals surface area contributed by atoms with Gasteiger partial charge >= 0.3 is 5.97 Å². The van der Waals surface area contributed by atoms with Crippen molar-refractivity contribution in [3.63, 3.8) is 0 Å². The third kappa shape index (κ3) is 11.9. The van der Waals surface area contributed by atoms with E-state index < -0.39 is 0 Å². The zero-order chi connectivity index (χ0) is 9.94. The highest BCUT2D eigenvalue weighted by atomic mass is 127. The first kappa shape index (κ1) is 12.9. The van der Waals surface area contributed by atoms with E-state index in [1.807, 2.05) is 0 Å². The Bertz CT molecular complexity index is 155. The number of carbonyl (C=O) groups excluding carboxylic acids is 1. The highest BCUT2D eigenvalue weighted by Gasteiger charge is 1.91. The van der Waals surface area contributed by atoms with Crippen LogP contribution in [0.2, 0.25) is 0 Å². The molecule has 0 aromatic heterocycles. The number of hydrogen-bond donors (Lipinski definition) is 0. The van der Waals surface area contributed by atoms with Gasteiger partial charge in [0.25, 0.3) is 0 Å². The van der Waals surface area contributed by atoms with E-state index in [0.717, 1.165) is 25.7 Å². The molecule has 0 spiro atoms. The van der Waals surface area contributed by atoms with E-state index in [0.29, 0.717) is 6.61 Å². The lowest BCUT2D eigenvalue weighted by molar-refractivity contribution is -0.141. The van der Waals surface area contributed by atoms with Crippen molar-refractivity contribution in [2.24, 2.45) is 0 Å². The van der Waals surface area contributed by atoms with Gasteiger partial charge in [-0.1, -0.05) is 34.7 Å². The van der Waals surface area contributed by atoms with Crippen LogP contribution in [0.25, 0.3) is 0 Å². The van der Waals surface area contributed by atoms with Crippen molar-refractivity contribution in [2.45, 2.75) is 32.6 Å². The summed E-state index contributed by atoms with van der Waals surface area (Å²) in [5, 5.41) is 0. The van der Waals surface area contributed by atoms with Crippen LogP contribution in [-0.2, 0) is 9.53 Å². The molecule has 2 nitrogen and oxygen atoms in total. The summed E-state index contributed by atoms with van der Waals surface area (Å²) in [6, 6.07) is 0. The zero-order valence-corrected chi connectivity index (χ0v) is 10.2. The molecule has 0 rings (SSSR count). The Morgan fingerprint density at radius 2 is 2.00 bits per heavy atom. The van der Waals surface area contributed by atoms with Crippen molar-refractivity contribution in [3.8, 4) is 0 Å². The number of unbranched alkanes of at least 4 members (excludes halogenated alkanes) is 2. The SMILES string of the molecule is CC(=O)OCCCC/C=C/CCI. The number of ether oxygens (including phenoxy) is 1. The molecule has 0 N–H and O–H groups in total. The summed E-state index contributed by atoms with van der Waals surface area (Å²) in [7, 11) is 0. The minimum absolute atomic E-state index is 0.180. The molecule has 0 atom stereocenters. The maximum absolute atomic E-state index is 10.4. The Morgan fingerprint density at radius 3 is 2.62 bits per heavy atom. The van der Waals surface area contributed by atoms with Crippen LogP contribution in [0.3, 0.4) is 0 Å². The number of carbonyl (C=O) groups is 1. The maximum atomic E-state index is 10.4. The molecule has 0 heterocycles. The molecule has 0 aromatic carbocycles. The standard InChI is InChI=1S/C10H17IO2/c1-10(12)13-9-7-5-3-2-4-6-8-11/h2,4H,3,5-9H2,1H3/b4-2+. The van der Waals surface area contributed by atoms with Crippen molar-refractivity contribution >= 4 is 28.6 Å². The third-order valence-electron chi connectivity index (χ3n) is 1.51. The molecular formula is C10H17IO2. The van der Waals surface area contributed by atoms with Gasteiger partial charge in [0.15, 0.2) is 0 Å². The van der Waals surface area contributed by atoms with Gasteiger partial charge in [-0.05, 0) is 25.7 Å². The molecule has 0 aliphatic carbocycles. The van der Waals surface area contributed by atoms with Gasteiger partial charge in [-0.3, -0.25) is 4.79 Å². The second kappa shape index (κ2) is 10.0. The van der Waals surface area contributed by atoms with Gasteiger partial charge in [0.05, 0.1) is 6.61 Å². The fraction of sp³-hybridized carbons (Fsp3) is 0.700. The van der Waals surface area contributed by atoms with Crippen molar-refractivity contribution in [3.05, 3.63) is 12.2 Å². The summed E-state index contributed by atoms with van der Waals surface area (Å²) in [6.07, 6.45) is 8.73. The highest BCUT2D eigenvalue weighted by Crippen LogP contribution is 1.99. The van der Waals surface area contributed by atoms with E-state index in [1.165, 1.54) is 11.4 Å². The van der Waals surface area contributed by atoms with Crippen molar-refractivity contribution < 1.29 is 9.53 Å². The van der Waals surface area contributed by atoms with E-state index in [9.17, 15) is 4.79 Å². The van der Waals surface area contributed by atoms with E-state index in [1.54, 1.807) is 0 Å². The molecule has 0 saturated carbocycles. The van der Waals surface area contributed by atoms with Crippen LogP contribution in [0.5, 0.6) is 0 Å². The fourth-order valence-electron chi connectivity index (χ4n) is 0.879. The molecule has 0 bridgehead atoms. The Morgan fingerprint density at radius 1 is 1.31 bits per heavy atom. The summed E-state index contributed by atoms with van der Waals surface area (Å²) in [5.41, 5.74) is 0. The molecule has 0 unspecified atom stereocenters. The summed E-state index contributed by atoms with van der Waals surface area (Å²) < 4.78 is 5.99. The topological polar surface area (TPSA) is 26.3 Å². The van der Waals surface area contributed by atoms with Crippen LogP contribution in [0, 0.1) is 0 Å². The maximum Gasteiger partial charge on any atom is 0.302 e. The molecule has 0 aliphatic heterocycles. The molecule has 76 valence electrons.